The molecule has 0 aliphatic heterocycles. The van der Waals surface area contributed by atoms with E-state index in [1.165, 1.54) is 0 Å². The number of carbonyl (C=O) groups excluding carboxylic acids is 2. The Morgan fingerprint density at radius 1 is 1.12 bits per heavy atom. The van der Waals surface area contributed by atoms with Crippen LogP contribution in [0.4, 0.5) is 0 Å². The summed E-state index contributed by atoms with van der Waals surface area (Å²) >= 11 is 6.06. The van der Waals surface area contributed by atoms with Gasteiger partial charge in [-0.1, -0.05) is 48.0 Å². The molecule has 0 fully saturated rings. The Morgan fingerprint density at radius 3 is 2.50 bits per heavy atom. The van der Waals surface area contributed by atoms with E-state index in [1.807, 2.05) is 42.5 Å². The van der Waals surface area contributed by atoms with E-state index in [-0.39, 0.29) is 24.4 Å². The number of carboxylic acid groups (broad SMARTS) is 1. The minimum Gasteiger partial charge on any atom is -0.477 e. The van der Waals surface area contributed by atoms with Gasteiger partial charge >= 0.3 is 11.9 Å². The Balaban J connectivity index is 1.73. The minimum atomic E-state index is -1.22. The second-order valence-electron chi connectivity index (χ2n) is 7.06. The second kappa shape index (κ2) is 10.6. The molecule has 32 heavy (non-hydrogen) atoms. The Hall–Kier alpha value is -3.65. The molecule has 2 aromatic carbocycles. The molecule has 0 saturated heterocycles. The van der Waals surface area contributed by atoms with Crippen LogP contribution in [0.1, 0.15) is 39.9 Å². The van der Waals surface area contributed by atoms with Crippen LogP contribution in [0.5, 0.6) is 0 Å². The van der Waals surface area contributed by atoms with E-state index in [1.54, 1.807) is 13.0 Å². The van der Waals surface area contributed by atoms with Gasteiger partial charge in [-0.15, -0.1) is 0 Å². The lowest BCUT2D eigenvalue weighted by Gasteiger charge is -2.18. The van der Waals surface area contributed by atoms with Crippen molar-refractivity contribution in [2.45, 2.75) is 25.8 Å². The zero-order valence-corrected chi connectivity index (χ0v) is 18.1. The van der Waals surface area contributed by atoms with E-state index in [2.05, 4.69) is 15.5 Å². The molecule has 0 saturated carbocycles. The van der Waals surface area contributed by atoms with E-state index in [4.69, 9.17) is 21.4 Å². The Bertz CT molecular complexity index is 1110. The van der Waals surface area contributed by atoms with Gasteiger partial charge in [0.15, 0.2) is 5.69 Å². The maximum Gasteiger partial charge on any atom is 0.353 e. The number of hydrogen-bond donors (Lipinski definition) is 3. The molecule has 0 aliphatic rings. The number of carbonyl (C=O) groups is 3. The summed E-state index contributed by atoms with van der Waals surface area (Å²) in [5.74, 6) is -2.25. The number of nitrogens with one attached hydrogen (secondary N) is 2. The first-order chi connectivity index (χ1) is 15.4. The van der Waals surface area contributed by atoms with Crippen molar-refractivity contribution in [2.75, 3.05) is 6.61 Å². The van der Waals surface area contributed by atoms with Crippen molar-refractivity contribution in [3.05, 3.63) is 76.6 Å². The molecule has 0 bridgehead atoms. The fraction of sp³-hybridized carbons (Fsp3) is 0.217. The highest BCUT2D eigenvalue weighted by molar-refractivity contribution is 6.30. The number of hydrogen-bond acceptors (Lipinski definition) is 5. The predicted octanol–water partition coefficient (Wildman–Crippen LogP) is 3.72. The monoisotopic (exact) mass is 455 g/mol. The highest BCUT2D eigenvalue weighted by Crippen LogP contribution is 2.23. The number of halogens is 1. The summed E-state index contributed by atoms with van der Waals surface area (Å²) in [6.07, 6.45) is 0.336. The molecular formula is C23H22ClN3O5. The zero-order valence-electron chi connectivity index (χ0n) is 17.3. The van der Waals surface area contributed by atoms with E-state index in [9.17, 15) is 14.4 Å². The van der Waals surface area contributed by atoms with Crippen molar-refractivity contribution in [1.82, 2.24) is 15.5 Å². The minimum absolute atomic E-state index is 0.0359. The number of aromatic amines is 1. The molecule has 8 nitrogen and oxygen atoms in total. The molecule has 9 heteroatoms. The number of ether oxygens (including phenoxy) is 1. The van der Waals surface area contributed by atoms with Gasteiger partial charge in [0.1, 0.15) is 5.69 Å². The van der Waals surface area contributed by atoms with Crippen molar-refractivity contribution in [2.24, 2.45) is 0 Å². The predicted molar refractivity (Wildman–Crippen MR) is 119 cm³/mol. The van der Waals surface area contributed by atoms with Crippen LogP contribution in [0.25, 0.3) is 11.1 Å². The maximum atomic E-state index is 12.5. The van der Waals surface area contributed by atoms with Crippen LogP contribution in [0.3, 0.4) is 0 Å². The highest BCUT2D eigenvalue weighted by Gasteiger charge is 2.21. The summed E-state index contributed by atoms with van der Waals surface area (Å²) in [6, 6.07) is 15.8. The quantitative estimate of drug-likeness (QED) is 0.423. The fourth-order valence-electron chi connectivity index (χ4n) is 3.19. The Labute approximate surface area is 189 Å². The van der Waals surface area contributed by atoms with E-state index < -0.39 is 23.9 Å². The molecule has 0 spiro atoms. The zero-order chi connectivity index (χ0) is 23.1. The van der Waals surface area contributed by atoms with Crippen LogP contribution >= 0.6 is 11.6 Å². The Morgan fingerprint density at radius 2 is 1.88 bits per heavy atom. The number of H-pyrrole nitrogens is 1. The van der Waals surface area contributed by atoms with Crippen molar-refractivity contribution in [1.29, 1.82) is 0 Å². The van der Waals surface area contributed by atoms with Crippen LogP contribution in [0, 0.1) is 0 Å². The van der Waals surface area contributed by atoms with Gasteiger partial charge in [0, 0.05) is 17.1 Å². The topological polar surface area (TPSA) is 121 Å². The van der Waals surface area contributed by atoms with Gasteiger partial charge in [0.05, 0.1) is 13.0 Å². The molecule has 166 valence electrons. The van der Waals surface area contributed by atoms with E-state index in [0.717, 1.165) is 22.8 Å². The van der Waals surface area contributed by atoms with E-state index in [0.29, 0.717) is 11.4 Å². The van der Waals surface area contributed by atoms with Crippen molar-refractivity contribution >= 4 is 29.4 Å². The second-order valence-corrected chi connectivity index (χ2v) is 7.50. The van der Waals surface area contributed by atoms with Gasteiger partial charge in [-0.05, 0) is 42.2 Å². The van der Waals surface area contributed by atoms with E-state index >= 15 is 0 Å². The summed E-state index contributed by atoms with van der Waals surface area (Å²) in [5.41, 5.74) is 2.59. The molecule has 1 heterocycles. The summed E-state index contributed by atoms with van der Waals surface area (Å²) in [4.78, 5) is 35.6. The summed E-state index contributed by atoms with van der Waals surface area (Å²) < 4.78 is 5.02. The lowest BCUT2D eigenvalue weighted by Crippen LogP contribution is -2.38. The summed E-state index contributed by atoms with van der Waals surface area (Å²) in [7, 11) is 0. The number of carboxylic acids is 1. The third-order valence-electron chi connectivity index (χ3n) is 4.69. The summed E-state index contributed by atoms with van der Waals surface area (Å²) in [5, 5.41) is 18.4. The molecule has 1 aromatic heterocycles. The third-order valence-corrected chi connectivity index (χ3v) is 4.92. The van der Waals surface area contributed by atoms with Crippen molar-refractivity contribution < 1.29 is 24.2 Å². The number of nitrogens with zero attached hydrogens (tertiary/aromatic N) is 1. The van der Waals surface area contributed by atoms with Crippen LogP contribution in [-0.4, -0.2) is 45.8 Å². The number of amides is 1. The smallest absolute Gasteiger partial charge is 0.353 e. The van der Waals surface area contributed by atoms with Crippen LogP contribution in [0.15, 0.2) is 54.6 Å². The van der Waals surface area contributed by atoms with Gasteiger partial charge in [0.2, 0.25) is 0 Å². The van der Waals surface area contributed by atoms with Gasteiger partial charge in [0.25, 0.3) is 5.91 Å². The van der Waals surface area contributed by atoms with Crippen LogP contribution < -0.4 is 5.32 Å². The van der Waals surface area contributed by atoms with Crippen molar-refractivity contribution in [3.63, 3.8) is 0 Å². The average Bonchev–Trinajstić information content (AvgIpc) is 3.25. The molecule has 1 atom stereocenters. The molecule has 0 aliphatic carbocycles. The normalized spacial score (nSPS) is 11.6. The number of esters is 1. The lowest BCUT2D eigenvalue weighted by atomic mass is 9.99. The standard InChI is InChI=1S/C23H22ClN3O5/c1-2-32-21(28)12-18(25-22(29)19-13-20(23(30)31)27-26-19)10-14-6-8-15(9-7-14)16-4-3-5-17(24)11-16/h3-9,11,13,18H,2,10,12H2,1H3,(H,25,29)(H,26,27)(H,30,31). The van der Waals surface area contributed by atoms with Gasteiger partial charge in [-0.25, -0.2) is 4.79 Å². The fourth-order valence-corrected chi connectivity index (χ4v) is 3.38. The number of benzene rings is 2. The largest absolute Gasteiger partial charge is 0.477 e. The third kappa shape index (κ3) is 6.18. The Kier molecular flexibility index (Phi) is 7.62. The molecule has 1 amide bonds. The first-order valence-corrected chi connectivity index (χ1v) is 10.3. The molecule has 0 radical (unpaired) electrons. The molecule has 3 aromatic rings. The van der Waals surface area contributed by atoms with Gasteiger partial charge in [-0.2, -0.15) is 5.10 Å². The SMILES string of the molecule is CCOC(=O)CC(Cc1ccc(-c2cccc(Cl)c2)cc1)NC(=O)c1cc(C(=O)O)[nH]n1. The van der Waals surface area contributed by atoms with Crippen molar-refractivity contribution in [3.8, 4) is 11.1 Å². The van der Waals surface area contributed by atoms with Crippen LogP contribution in [0.2, 0.25) is 5.02 Å². The number of aromatic carboxylic acids is 1. The molecule has 1 unspecified atom stereocenters. The molecule has 3 N–H and O–H groups in total. The first kappa shape index (κ1) is 23.0. The lowest BCUT2D eigenvalue weighted by molar-refractivity contribution is -0.143. The maximum absolute atomic E-state index is 12.5. The van der Waals surface area contributed by atoms with Crippen LogP contribution in [-0.2, 0) is 16.0 Å². The average molecular weight is 456 g/mol. The molecule has 3 rings (SSSR count). The summed E-state index contributed by atoms with van der Waals surface area (Å²) in [6.45, 7) is 1.94. The number of aromatic nitrogens is 2. The number of rotatable bonds is 9. The van der Waals surface area contributed by atoms with Gasteiger partial charge in [-0.3, -0.25) is 14.7 Å². The first-order valence-electron chi connectivity index (χ1n) is 9.95. The molecular weight excluding hydrogens is 434 g/mol. The van der Waals surface area contributed by atoms with Gasteiger partial charge < -0.3 is 15.2 Å². The highest BCUT2D eigenvalue weighted by atomic mass is 35.5.